The molecule has 29 nitrogen and oxygen atoms in total. The van der Waals surface area contributed by atoms with Gasteiger partial charge in [-0.15, -0.1) is 0 Å². The summed E-state index contributed by atoms with van der Waals surface area (Å²) in [5.74, 6) is 1.07. The highest BCUT2D eigenvalue weighted by atomic mass is 28.4. The minimum atomic E-state index is -2.99. The number of hydrogen-bond acceptors (Lipinski definition) is 26. The van der Waals surface area contributed by atoms with Gasteiger partial charge in [0.2, 0.25) is 0 Å². The van der Waals surface area contributed by atoms with Gasteiger partial charge in [-0.2, -0.15) is 0 Å². The van der Waals surface area contributed by atoms with Crippen LogP contribution in [0.5, 0.6) is 23.0 Å². The maximum Gasteiger partial charge on any atom is 0.500 e. The van der Waals surface area contributed by atoms with Crippen LogP contribution in [0, 0.1) is 0 Å². The lowest BCUT2D eigenvalue weighted by Gasteiger charge is -2.30. The summed E-state index contributed by atoms with van der Waals surface area (Å²) in [5.41, 5.74) is 3.74. The predicted octanol–water partition coefficient (Wildman–Crippen LogP) is 13.0. The van der Waals surface area contributed by atoms with Gasteiger partial charge >= 0.3 is 59.5 Å². The summed E-state index contributed by atoms with van der Waals surface area (Å²) in [6.45, 7) is 29.7. The number of carbonyl (C=O) groups is 4. The summed E-state index contributed by atoms with van der Waals surface area (Å²) in [7, 11) is -11.9. The van der Waals surface area contributed by atoms with E-state index in [-0.39, 0.29) is 76.5 Å². The number of epoxide rings is 2. The highest BCUT2D eigenvalue weighted by molar-refractivity contribution is 6.61. The molecular formula is C79H127N3O26Si4. The number of ether oxygens (including phenoxy) is 10. The number of carbonyl (C=O) groups excluding carboxylic acids is 4. The number of rotatable bonds is 64. The molecule has 4 aromatic carbocycles. The van der Waals surface area contributed by atoms with Crippen molar-refractivity contribution in [1.29, 1.82) is 0 Å². The molecule has 2 aliphatic heterocycles. The Bertz CT molecular complexity index is 2940. The standard InChI is InChI=1S/C79H127N3O26Si4/c1-13-95-109(96-14-2,97-15-3)50-26-25-30-74(83)93-60-72(107-78(85)81-48-28-52-111(101-19-7,102-20-8)103-21-9)58-89-68-43-35-64(36-44-68)75(62-31-39-66(40-32-62)87-54-70-56-91-70)76(63-33-41-67(42-34-63)88-55-71-57-92-71)65-37-45-69(46-38-65)90-59-73(108-79(86)82-49-29-53-112(104-22-10,105-23-11)106-24-12)61-94-77(84)80-47-27-51-110(98-16-4,99-17-5)100-18-6/h31-46,70-73,75-76H,13-30,47-61H2,1-12H3,(H,80,84)(H,81,85)(H,82,86). The monoisotopic (exact) mass is 1650 g/mol. The van der Waals surface area contributed by atoms with Crippen molar-refractivity contribution in [2.24, 2.45) is 0 Å². The van der Waals surface area contributed by atoms with Gasteiger partial charge < -0.3 is 116 Å². The lowest BCUT2D eigenvalue weighted by Crippen LogP contribution is -2.46. The van der Waals surface area contributed by atoms with Gasteiger partial charge in [0.05, 0.1) is 13.2 Å². The van der Waals surface area contributed by atoms with Gasteiger partial charge in [0.15, 0.2) is 12.2 Å². The van der Waals surface area contributed by atoms with Crippen LogP contribution in [0.2, 0.25) is 24.2 Å². The smallest absolute Gasteiger partial charge is 0.491 e. The molecular weight excluding hydrogens is 1520 g/mol. The molecule has 4 aromatic rings. The highest BCUT2D eigenvalue weighted by Crippen LogP contribution is 2.45. The van der Waals surface area contributed by atoms with Crippen LogP contribution < -0.4 is 34.9 Å². The molecule has 3 amide bonds. The average molecular weight is 1650 g/mol. The minimum absolute atomic E-state index is 0.0532. The first-order chi connectivity index (χ1) is 54.4. The second-order valence-corrected chi connectivity index (χ2v) is 36.9. The second kappa shape index (κ2) is 53.0. The Labute approximate surface area is 667 Å². The fraction of sp³-hybridized carbons (Fsp3) is 0.646. The van der Waals surface area contributed by atoms with Gasteiger partial charge in [0.25, 0.3) is 0 Å². The van der Waals surface area contributed by atoms with Crippen molar-refractivity contribution in [1.82, 2.24) is 16.0 Å². The Hall–Kier alpha value is -6.33. The molecule has 0 saturated carbocycles. The average Bonchev–Trinajstić information content (AvgIpc) is 1.12. The summed E-state index contributed by atoms with van der Waals surface area (Å²) < 4.78 is 132. The van der Waals surface area contributed by atoms with Crippen LogP contribution in [0.1, 0.15) is 156 Å². The number of unbranched alkanes of at least 4 members (excludes halogenated alkanes) is 1. The molecule has 112 heavy (non-hydrogen) atoms. The Morgan fingerprint density at radius 1 is 0.339 bits per heavy atom. The van der Waals surface area contributed by atoms with E-state index in [0.717, 1.165) is 22.3 Å². The summed E-state index contributed by atoms with van der Waals surface area (Å²) in [6, 6.07) is 33.5. The van der Waals surface area contributed by atoms with Crippen LogP contribution in [0.3, 0.4) is 0 Å². The van der Waals surface area contributed by atoms with Crippen molar-refractivity contribution in [3.05, 3.63) is 119 Å². The number of benzene rings is 4. The number of amides is 3. The molecule has 6 rings (SSSR count). The largest absolute Gasteiger partial charge is 0.500 e. The molecule has 6 unspecified atom stereocenters. The van der Waals surface area contributed by atoms with E-state index in [9.17, 15) is 19.2 Å². The minimum Gasteiger partial charge on any atom is -0.491 e. The maximum absolute atomic E-state index is 13.6. The molecule has 2 fully saturated rings. The number of alkyl carbamates (subject to hydrolysis) is 3. The third-order valence-electron chi connectivity index (χ3n) is 17.5. The topological polar surface area (TPSA) is 314 Å². The Morgan fingerprint density at radius 2 is 0.598 bits per heavy atom. The molecule has 2 aliphatic rings. The van der Waals surface area contributed by atoms with E-state index in [2.05, 4.69) is 40.2 Å². The zero-order chi connectivity index (χ0) is 80.7. The van der Waals surface area contributed by atoms with E-state index in [1.807, 2.05) is 156 Å². The van der Waals surface area contributed by atoms with Crippen LogP contribution in [0.15, 0.2) is 97.1 Å². The first-order valence-corrected chi connectivity index (χ1v) is 47.9. The molecule has 2 saturated heterocycles. The SMILES string of the molecule is CCO[Si](CCCCC(=O)OCC(COc1ccc(C(c2ccc(OCC3CO3)cc2)C(c2ccc(OCC3CO3)cc2)c2ccc(OCC(COC(=O)NCCC[Si](OCC)(OCC)OCC)OC(=O)NCCC[Si](OCC)(OCC)OCC)cc2)cc1)OC(=O)NCCC[Si](OCC)(OCC)OCC)(OCC)OCC. The van der Waals surface area contributed by atoms with Crippen molar-refractivity contribution in [3.8, 4) is 23.0 Å². The number of hydrogen-bond donors (Lipinski definition) is 3. The fourth-order valence-electron chi connectivity index (χ4n) is 12.5. The van der Waals surface area contributed by atoms with Gasteiger partial charge in [-0.1, -0.05) is 48.5 Å². The van der Waals surface area contributed by atoms with Crippen molar-refractivity contribution in [3.63, 3.8) is 0 Å². The lowest BCUT2D eigenvalue weighted by molar-refractivity contribution is -0.147. The third kappa shape index (κ3) is 34.6. The van der Waals surface area contributed by atoms with Gasteiger partial charge in [0.1, 0.15) is 74.8 Å². The first-order valence-electron chi connectivity index (χ1n) is 40.2. The molecule has 0 aromatic heterocycles. The van der Waals surface area contributed by atoms with E-state index in [1.54, 1.807) is 0 Å². The van der Waals surface area contributed by atoms with E-state index >= 15 is 0 Å². The van der Waals surface area contributed by atoms with Crippen LogP contribution in [-0.2, 0) is 86.3 Å². The number of nitrogens with one attached hydrogen (secondary N) is 3. The van der Waals surface area contributed by atoms with E-state index < -0.39 is 71.7 Å². The molecule has 3 N–H and O–H groups in total. The van der Waals surface area contributed by atoms with Crippen LogP contribution in [0.25, 0.3) is 0 Å². The summed E-state index contributed by atoms with van der Waals surface area (Å²) in [5, 5.41) is 8.46. The van der Waals surface area contributed by atoms with Crippen LogP contribution >= 0.6 is 0 Å². The number of esters is 1. The molecule has 2 heterocycles. The van der Waals surface area contributed by atoms with Crippen LogP contribution in [0.4, 0.5) is 14.4 Å². The molecule has 0 bridgehead atoms. The van der Waals surface area contributed by atoms with Crippen molar-refractivity contribution in [2.75, 3.05) is 152 Å². The zero-order valence-electron chi connectivity index (χ0n) is 68.2. The van der Waals surface area contributed by atoms with E-state index in [4.69, 9.17) is 100 Å². The highest BCUT2D eigenvalue weighted by Gasteiger charge is 2.43. The van der Waals surface area contributed by atoms with E-state index in [1.165, 1.54) is 0 Å². The van der Waals surface area contributed by atoms with Gasteiger partial charge in [-0.3, -0.25) is 4.79 Å². The summed E-state index contributed by atoms with van der Waals surface area (Å²) in [6.07, 6.45) is -1.47. The maximum atomic E-state index is 13.6. The lowest BCUT2D eigenvalue weighted by atomic mass is 9.73. The van der Waals surface area contributed by atoms with E-state index in [0.29, 0.717) is 185 Å². The van der Waals surface area contributed by atoms with Gasteiger partial charge in [-0.25, -0.2) is 14.4 Å². The molecule has 33 heteroatoms. The Balaban J connectivity index is 1.26. The molecule has 0 aliphatic carbocycles. The molecule has 6 atom stereocenters. The summed E-state index contributed by atoms with van der Waals surface area (Å²) >= 11 is 0. The Kier molecular flexibility index (Phi) is 44.7. The van der Waals surface area contributed by atoms with Crippen molar-refractivity contribution >= 4 is 59.5 Å². The predicted molar refractivity (Wildman–Crippen MR) is 427 cm³/mol. The normalized spacial score (nSPS) is 15.3. The van der Waals surface area contributed by atoms with Gasteiger partial charge in [-0.05, 0) is 186 Å². The summed E-state index contributed by atoms with van der Waals surface area (Å²) in [4.78, 5) is 54.0. The molecule has 630 valence electrons. The van der Waals surface area contributed by atoms with Crippen molar-refractivity contribution in [2.45, 2.75) is 182 Å². The quantitative estimate of drug-likeness (QED) is 0.0122. The van der Waals surface area contributed by atoms with Crippen molar-refractivity contribution < 1.29 is 120 Å². The Morgan fingerprint density at radius 3 is 0.875 bits per heavy atom. The molecule has 0 spiro atoms. The second-order valence-electron chi connectivity index (χ2n) is 25.9. The zero-order valence-corrected chi connectivity index (χ0v) is 72.2. The first kappa shape index (κ1) is 94.5. The van der Waals surface area contributed by atoms with Crippen LogP contribution in [-0.4, -0.2) is 236 Å². The van der Waals surface area contributed by atoms with Gasteiger partial charge in [0, 0.05) is 141 Å². The third-order valence-corrected chi connectivity index (χ3v) is 30.1. The molecule has 0 radical (unpaired) electrons. The fourth-order valence-corrected chi connectivity index (χ4v) is 23.0.